The van der Waals surface area contributed by atoms with Gasteiger partial charge in [-0.1, -0.05) is 0 Å². The highest BCUT2D eigenvalue weighted by Crippen LogP contribution is 2.20. The monoisotopic (exact) mass is 322 g/mol. The van der Waals surface area contributed by atoms with Crippen LogP contribution in [0.5, 0.6) is 0 Å². The largest absolute Gasteiger partial charge is 0.395 e. The van der Waals surface area contributed by atoms with Crippen LogP contribution in [0.25, 0.3) is 0 Å². The average molecular weight is 323 g/mol. The molecule has 0 aliphatic carbocycles. The Hall–Kier alpha value is -0.500. The number of pyridine rings is 1. The topological polar surface area (TPSA) is 70.5 Å². The van der Waals surface area contributed by atoms with Crippen molar-refractivity contribution in [3.63, 3.8) is 0 Å². The molecule has 0 spiro atoms. The van der Waals surface area contributed by atoms with Crippen molar-refractivity contribution in [2.24, 2.45) is 0 Å². The van der Waals surface area contributed by atoms with Gasteiger partial charge in [0.15, 0.2) is 0 Å². The molecular weight excluding hydrogens is 308 g/mol. The van der Waals surface area contributed by atoms with E-state index in [1.165, 1.54) is 22.8 Å². The Kier molecular flexibility index (Phi) is 5.05. The number of aliphatic hydroxyl groups excluding tert-OH is 1. The second kappa shape index (κ2) is 5.90. The molecule has 0 aliphatic heterocycles. The van der Waals surface area contributed by atoms with E-state index in [-0.39, 0.29) is 24.1 Å². The van der Waals surface area contributed by atoms with Crippen molar-refractivity contribution < 1.29 is 13.5 Å². The Morgan fingerprint density at radius 2 is 2.12 bits per heavy atom. The molecule has 0 atom stereocenters. The van der Waals surface area contributed by atoms with Gasteiger partial charge in [-0.05, 0) is 35.8 Å². The summed E-state index contributed by atoms with van der Waals surface area (Å²) in [6.45, 7) is 3.39. The third kappa shape index (κ3) is 3.48. The lowest BCUT2D eigenvalue weighted by atomic mass is 10.4. The summed E-state index contributed by atoms with van der Waals surface area (Å²) in [6, 6.07) is 1.28. The van der Waals surface area contributed by atoms with Gasteiger partial charge in [-0.25, -0.2) is 8.42 Å². The number of sulfonamides is 1. The molecule has 0 aromatic carbocycles. The van der Waals surface area contributed by atoms with E-state index >= 15 is 0 Å². The fourth-order valence-corrected chi connectivity index (χ4v) is 3.56. The fraction of sp³-hybridized carbons (Fsp3) is 0.500. The van der Waals surface area contributed by atoms with E-state index in [9.17, 15) is 8.42 Å². The van der Waals surface area contributed by atoms with Crippen molar-refractivity contribution in [3.8, 4) is 0 Å². The highest BCUT2D eigenvalue weighted by Gasteiger charge is 2.26. The lowest BCUT2D eigenvalue weighted by Crippen LogP contribution is -2.38. The molecule has 1 heterocycles. The molecule has 0 aliphatic rings. The number of aliphatic hydroxyl groups is 1. The Morgan fingerprint density at radius 1 is 1.47 bits per heavy atom. The van der Waals surface area contributed by atoms with Crippen LogP contribution in [0.15, 0.2) is 27.8 Å². The van der Waals surface area contributed by atoms with E-state index in [1.54, 1.807) is 13.8 Å². The van der Waals surface area contributed by atoms with Gasteiger partial charge in [-0.3, -0.25) is 4.98 Å². The Bertz CT molecular complexity index is 476. The zero-order valence-corrected chi connectivity index (χ0v) is 12.1. The van der Waals surface area contributed by atoms with Crippen molar-refractivity contribution >= 4 is 26.0 Å². The van der Waals surface area contributed by atoms with Crippen LogP contribution < -0.4 is 0 Å². The minimum atomic E-state index is -3.60. The Morgan fingerprint density at radius 3 is 2.59 bits per heavy atom. The molecule has 1 N–H and O–H groups in total. The molecule has 0 fully saturated rings. The maximum atomic E-state index is 12.3. The van der Waals surface area contributed by atoms with Crippen molar-refractivity contribution in [1.29, 1.82) is 0 Å². The quantitative estimate of drug-likeness (QED) is 0.885. The number of hydrogen-bond donors (Lipinski definition) is 1. The first-order valence-corrected chi connectivity index (χ1v) is 7.36. The van der Waals surface area contributed by atoms with Gasteiger partial charge in [0.2, 0.25) is 10.0 Å². The number of halogens is 1. The van der Waals surface area contributed by atoms with Gasteiger partial charge in [0.1, 0.15) is 4.90 Å². The standard InChI is InChI=1S/C10H15BrN2O3S/c1-8(2)13(3-4-14)17(15,16)10-5-9(11)6-12-7-10/h5-8,14H,3-4H2,1-2H3. The molecule has 1 aromatic rings. The van der Waals surface area contributed by atoms with Crippen LogP contribution in [0.4, 0.5) is 0 Å². The summed E-state index contributed by atoms with van der Waals surface area (Å²) in [7, 11) is -3.60. The van der Waals surface area contributed by atoms with Crippen molar-refractivity contribution in [3.05, 3.63) is 22.9 Å². The Balaban J connectivity index is 3.16. The van der Waals surface area contributed by atoms with E-state index in [0.29, 0.717) is 4.47 Å². The predicted octanol–water partition coefficient (Wildman–Crippen LogP) is 1.24. The van der Waals surface area contributed by atoms with Crippen LogP contribution in [0.1, 0.15) is 13.8 Å². The second-order valence-electron chi connectivity index (χ2n) is 3.77. The zero-order chi connectivity index (χ0) is 13.1. The molecule has 0 unspecified atom stereocenters. The minimum Gasteiger partial charge on any atom is -0.395 e. The van der Waals surface area contributed by atoms with E-state index in [2.05, 4.69) is 20.9 Å². The normalized spacial score (nSPS) is 12.4. The third-order valence-electron chi connectivity index (χ3n) is 2.18. The maximum Gasteiger partial charge on any atom is 0.244 e. The minimum absolute atomic E-state index is 0.0759. The molecular formula is C10H15BrN2O3S. The van der Waals surface area contributed by atoms with Crippen LogP contribution in [-0.4, -0.2) is 42.0 Å². The molecule has 17 heavy (non-hydrogen) atoms. The van der Waals surface area contributed by atoms with Gasteiger partial charge in [0, 0.05) is 29.5 Å². The van der Waals surface area contributed by atoms with Gasteiger partial charge < -0.3 is 5.11 Å². The van der Waals surface area contributed by atoms with Crippen LogP contribution in [0, 0.1) is 0 Å². The van der Waals surface area contributed by atoms with Gasteiger partial charge in [0.05, 0.1) is 6.61 Å². The molecule has 0 saturated heterocycles. The summed E-state index contributed by atoms with van der Waals surface area (Å²) in [6.07, 6.45) is 2.82. The van der Waals surface area contributed by atoms with Crippen LogP contribution in [0.3, 0.4) is 0 Å². The summed E-state index contributed by atoms with van der Waals surface area (Å²) < 4.78 is 26.4. The summed E-state index contributed by atoms with van der Waals surface area (Å²) in [5, 5.41) is 8.92. The number of hydrogen-bond acceptors (Lipinski definition) is 4. The number of rotatable bonds is 5. The van der Waals surface area contributed by atoms with Crippen LogP contribution in [-0.2, 0) is 10.0 Å². The van der Waals surface area contributed by atoms with Crippen LogP contribution in [0.2, 0.25) is 0 Å². The fourth-order valence-electron chi connectivity index (χ4n) is 1.42. The highest BCUT2D eigenvalue weighted by molar-refractivity contribution is 9.10. The molecule has 0 bridgehead atoms. The molecule has 0 radical (unpaired) electrons. The van der Waals surface area contributed by atoms with Crippen LogP contribution >= 0.6 is 15.9 Å². The highest BCUT2D eigenvalue weighted by atomic mass is 79.9. The molecule has 1 aromatic heterocycles. The van der Waals surface area contributed by atoms with Crippen molar-refractivity contribution in [2.45, 2.75) is 24.8 Å². The van der Waals surface area contributed by atoms with E-state index in [4.69, 9.17) is 5.11 Å². The van der Waals surface area contributed by atoms with Crippen molar-refractivity contribution in [2.75, 3.05) is 13.2 Å². The zero-order valence-electron chi connectivity index (χ0n) is 9.67. The summed E-state index contributed by atoms with van der Waals surface area (Å²) >= 11 is 3.18. The molecule has 5 nitrogen and oxygen atoms in total. The van der Waals surface area contributed by atoms with Crippen molar-refractivity contribution in [1.82, 2.24) is 9.29 Å². The first-order valence-electron chi connectivity index (χ1n) is 5.13. The summed E-state index contributed by atoms with van der Waals surface area (Å²) in [5.74, 6) is 0. The third-order valence-corrected chi connectivity index (χ3v) is 4.66. The second-order valence-corrected chi connectivity index (χ2v) is 6.58. The lowest BCUT2D eigenvalue weighted by Gasteiger charge is -2.24. The molecule has 7 heteroatoms. The van der Waals surface area contributed by atoms with Gasteiger partial charge in [-0.15, -0.1) is 0 Å². The first kappa shape index (κ1) is 14.6. The van der Waals surface area contributed by atoms with Gasteiger partial charge >= 0.3 is 0 Å². The number of aromatic nitrogens is 1. The van der Waals surface area contributed by atoms with E-state index < -0.39 is 10.0 Å². The molecule has 96 valence electrons. The lowest BCUT2D eigenvalue weighted by molar-refractivity contribution is 0.236. The SMILES string of the molecule is CC(C)N(CCO)S(=O)(=O)c1cncc(Br)c1. The number of nitrogens with zero attached hydrogens (tertiary/aromatic N) is 2. The summed E-state index contributed by atoms with van der Waals surface area (Å²) in [4.78, 5) is 3.96. The molecule has 1 rings (SSSR count). The first-order chi connectivity index (χ1) is 7.89. The van der Waals surface area contributed by atoms with Gasteiger partial charge in [0.25, 0.3) is 0 Å². The maximum absolute atomic E-state index is 12.3. The average Bonchev–Trinajstić information content (AvgIpc) is 2.25. The van der Waals surface area contributed by atoms with E-state index in [0.717, 1.165) is 0 Å². The Labute approximate surface area is 110 Å². The molecule has 0 saturated carbocycles. The smallest absolute Gasteiger partial charge is 0.244 e. The van der Waals surface area contributed by atoms with Gasteiger partial charge in [-0.2, -0.15) is 4.31 Å². The predicted molar refractivity (Wildman–Crippen MR) is 68.1 cm³/mol. The van der Waals surface area contributed by atoms with E-state index in [1.807, 2.05) is 0 Å². The summed E-state index contributed by atoms with van der Waals surface area (Å²) in [5.41, 5.74) is 0. The molecule has 0 amide bonds.